The van der Waals surface area contributed by atoms with Gasteiger partial charge < -0.3 is 15.5 Å². The third kappa shape index (κ3) is 6.06. The molecule has 1 rings (SSSR count). The molecule has 1 aromatic rings. The third-order valence-corrected chi connectivity index (χ3v) is 3.79. The Hall–Kier alpha value is -1.82. The minimum Gasteiger partial charge on any atom is -0.352 e. The van der Waals surface area contributed by atoms with E-state index in [1.807, 2.05) is 13.8 Å². The topological polar surface area (TPSA) is 61.4 Å². The number of carbonyl (C=O) groups is 2. The molecule has 0 unspecified atom stereocenters. The van der Waals surface area contributed by atoms with Crippen molar-refractivity contribution in [3.63, 3.8) is 0 Å². The van der Waals surface area contributed by atoms with Crippen LogP contribution in [0.25, 0.3) is 0 Å². The molecule has 128 valence electrons. The Bertz CT molecular complexity index is 568. The Morgan fingerprint density at radius 1 is 1.30 bits per heavy atom. The number of carbonyl (C=O) groups excluding carboxylic acids is 2. The second-order valence-electron chi connectivity index (χ2n) is 5.59. The van der Waals surface area contributed by atoms with Crippen LogP contribution in [0.1, 0.15) is 32.8 Å². The molecule has 2 atom stereocenters. The van der Waals surface area contributed by atoms with Gasteiger partial charge in [-0.15, -0.1) is 0 Å². The molecule has 7 heteroatoms. The first kappa shape index (κ1) is 19.2. The Morgan fingerprint density at radius 3 is 2.52 bits per heavy atom. The van der Waals surface area contributed by atoms with Crippen molar-refractivity contribution in [2.75, 3.05) is 7.05 Å². The highest BCUT2D eigenvalue weighted by Crippen LogP contribution is 2.16. The molecule has 0 aliphatic carbocycles. The van der Waals surface area contributed by atoms with Crippen molar-refractivity contribution < 1.29 is 14.0 Å². The summed E-state index contributed by atoms with van der Waals surface area (Å²) < 4.78 is 13.4. The first-order valence-corrected chi connectivity index (χ1v) is 7.88. The van der Waals surface area contributed by atoms with Gasteiger partial charge in [0.25, 0.3) is 0 Å². The minimum absolute atomic E-state index is 0.0381. The smallest absolute Gasteiger partial charge is 0.318 e. The second-order valence-corrected chi connectivity index (χ2v) is 6.00. The number of rotatable bonds is 6. The molecular weight excluding hydrogens is 321 g/mol. The average molecular weight is 344 g/mol. The maximum absolute atomic E-state index is 13.4. The van der Waals surface area contributed by atoms with E-state index in [-0.39, 0.29) is 23.5 Å². The normalized spacial score (nSPS) is 13.1. The van der Waals surface area contributed by atoms with Crippen molar-refractivity contribution in [2.45, 2.75) is 45.8 Å². The van der Waals surface area contributed by atoms with Gasteiger partial charge in [-0.1, -0.05) is 24.6 Å². The summed E-state index contributed by atoms with van der Waals surface area (Å²) in [6.45, 7) is 5.69. The van der Waals surface area contributed by atoms with Crippen LogP contribution in [0.5, 0.6) is 0 Å². The molecule has 0 heterocycles. The number of amides is 3. The van der Waals surface area contributed by atoms with Gasteiger partial charge in [0.2, 0.25) is 5.91 Å². The highest BCUT2D eigenvalue weighted by molar-refractivity contribution is 6.30. The molecule has 2 N–H and O–H groups in total. The van der Waals surface area contributed by atoms with E-state index in [0.29, 0.717) is 5.56 Å². The highest BCUT2D eigenvalue weighted by atomic mass is 35.5. The Labute approximate surface area is 141 Å². The predicted molar refractivity (Wildman–Crippen MR) is 88.8 cm³/mol. The van der Waals surface area contributed by atoms with Gasteiger partial charge >= 0.3 is 6.03 Å². The highest BCUT2D eigenvalue weighted by Gasteiger charge is 2.19. The average Bonchev–Trinajstić information content (AvgIpc) is 2.50. The summed E-state index contributed by atoms with van der Waals surface area (Å²) in [5.74, 6) is -0.766. The number of urea groups is 1. The van der Waals surface area contributed by atoms with Crippen molar-refractivity contribution in [1.82, 2.24) is 15.5 Å². The lowest BCUT2D eigenvalue weighted by Crippen LogP contribution is -2.50. The van der Waals surface area contributed by atoms with Crippen LogP contribution < -0.4 is 10.6 Å². The minimum atomic E-state index is -0.652. The summed E-state index contributed by atoms with van der Waals surface area (Å²) in [5.41, 5.74) is 0.612. The molecule has 0 saturated carbocycles. The van der Waals surface area contributed by atoms with Crippen LogP contribution in [0, 0.1) is 5.82 Å². The van der Waals surface area contributed by atoms with Crippen LogP contribution in [-0.4, -0.2) is 36.0 Å². The van der Waals surface area contributed by atoms with Crippen LogP contribution in [0.2, 0.25) is 5.02 Å². The van der Waals surface area contributed by atoms with E-state index in [1.54, 1.807) is 20.0 Å². The van der Waals surface area contributed by atoms with Gasteiger partial charge in [0, 0.05) is 19.6 Å². The van der Waals surface area contributed by atoms with E-state index in [4.69, 9.17) is 11.6 Å². The number of nitrogens with one attached hydrogen (secondary N) is 2. The monoisotopic (exact) mass is 343 g/mol. The van der Waals surface area contributed by atoms with Gasteiger partial charge in [0.1, 0.15) is 11.9 Å². The molecule has 23 heavy (non-hydrogen) atoms. The molecular formula is C16H23ClFN3O2. The predicted octanol–water partition coefficient (Wildman–Crippen LogP) is 2.92. The number of nitrogens with zero attached hydrogens (tertiary/aromatic N) is 1. The summed E-state index contributed by atoms with van der Waals surface area (Å²) in [6.07, 6.45) is 0.814. The molecule has 0 aliphatic heterocycles. The molecule has 0 saturated heterocycles. The van der Waals surface area contributed by atoms with Crippen LogP contribution in [0.15, 0.2) is 18.2 Å². The third-order valence-electron chi connectivity index (χ3n) is 3.48. The molecule has 1 aromatic carbocycles. The van der Waals surface area contributed by atoms with Gasteiger partial charge in [0.15, 0.2) is 0 Å². The van der Waals surface area contributed by atoms with E-state index >= 15 is 0 Å². The maximum Gasteiger partial charge on any atom is 0.318 e. The van der Waals surface area contributed by atoms with Crippen molar-refractivity contribution >= 4 is 23.5 Å². The SMILES string of the molecule is CC[C@@H](C)NC(=O)[C@H](C)NC(=O)N(C)Cc1ccc(Cl)c(F)c1. The van der Waals surface area contributed by atoms with Crippen molar-refractivity contribution in [3.8, 4) is 0 Å². The lowest BCUT2D eigenvalue weighted by Gasteiger charge is -2.22. The van der Waals surface area contributed by atoms with E-state index in [1.165, 1.54) is 17.0 Å². The summed E-state index contributed by atoms with van der Waals surface area (Å²) in [4.78, 5) is 25.4. The first-order valence-electron chi connectivity index (χ1n) is 7.50. The van der Waals surface area contributed by atoms with E-state index in [9.17, 15) is 14.0 Å². The van der Waals surface area contributed by atoms with Gasteiger partial charge in [-0.2, -0.15) is 0 Å². The quantitative estimate of drug-likeness (QED) is 0.834. The second kappa shape index (κ2) is 8.72. The standard InChI is InChI=1S/C16H23ClFN3O2/c1-5-10(2)19-15(22)11(3)20-16(23)21(4)9-12-6-7-13(17)14(18)8-12/h6-8,10-11H,5,9H2,1-4H3,(H,19,22)(H,20,23)/t10-,11+/m1/s1. The van der Waals surface area contributed by atoms with E-state index < -0.39 is 17.9 Å². The molecule has 0 spiro atoms. The Kier molecular flexibility index (Phi) is 7.29. The molecule has 0 aliphatic rings. The van der Waals surface area contributed by atoms with Gasteiger partial charge in [0.05, 0.1) is 5.02 Å². The molecule has 0 bridgehead atoms. The van der Waals surface area contributed by atoms with Crippen LogP contribution in [-0.2, 0) is 11.3 Å². The molecule has 0 fully saturated rings. The Balaban J connectivity index is 2.56. The van der Waals surface area contributed by atoms with Crippen LogP contribution in [0.4, 0.5) is 9.18 Å². The lowest BCUT2D eigenvalue weighted by atomic mass is 10.2. The summed E-state index contributed by atoms with van der Waals surface area (Å²) in [7, 11) is 1.57. The zero-order valence-corrected chi connectivity index (χ0v) is 14.6. The van der Waals surface area contributed by atoms with Gasteiger partial charge in [-0.3, -0.25) is 4.79 Å². The number of hydrogen-bond acceptors (Lipinski definition) is 2. The fourth-order valence-electron chi connectivity index (χ4n) is 1.81. The summed E-state index contributed by atoms with van der Waals surface area (Å²) >= 11 is 5.62. The van der Waals surface area contributed by atoms with Gasteiger partial charge in [-0.25, -0.2) is 9.18 Å². The zero-order chi connectivity index (χ0) is 17.6. The van der Waals surface area contributed by atoms with E-state index in [0.717, 1.165) is 6.42 Å². The molecule has 0 radical (unpaired) electrons. The number of halogens is 2. The van der Waals surface area contributed by atoms with Crippen molar-refractivity contribution in [3.05, 3.63) is 34.6 Å². The molecule has 3 amide bonds. The van der Waals surface area contributed by atoms with Gasteiger partial charge in [-0.05, 0) is 38.0 Å². The fourth-order valence-corrected chi connectivity index (χ4v) is 1.93. The van der Waals surface area contributed by atoms with E-state index in [2.05, 4.69) is 10.6 Å². The van der Waals surface area contributed by atoms with Crippen molar-refractivity contribution in [1.29, 1.82) is 0 Å². The lowest BCUT2D eigenvalue weighted by molar-refractivity contribution is -0.123. The zero-order valence-electron chi connectivity index (χ0n) is 13.8. The maximum atomic E-state index is 13.4. The molecule has 0 aromatic heterocycles. The molecule has 5 nitrogen and oxygen atoms in total. The van der Waals surface area contributed by atoms with Crippen LogP contribution in [0.3, 0.4) is 0 Å². The summed E-state index contributed by atoms with van der Waals surface area (Å²) in [6, 6.07) is 3.37. The first-order chi connectivity index (χ1) is 10.7. The van der Waals surface area contributed by atoms with Crippen LogP contribution >= 0.6 is 11.6 Å². The summed E-state index contributed by atoms with van der Waals surface area (Å²) in [5, 5.41) is 5.45. The van der Waals surface area contributed by atoms with Crippen molar-refractivity contribution in [2.24, 2.45) is 0 Å². The largest absolute Gasteiger partial charge is 0.352 e. The fraction of sp³-hybridized carbons (Fsp3) is 0.500. The number of benzene rings is 1. The number of hydrogen-bond donors (Lipinski definition) is 2. The Morgan fingerprint density at radius 2 is 1.96 bits per heavy atom.